The molecule has 68 valence electrons. The van der Waals surface area contributed by atoms with Crippen LogP contribution < -0.4 is 5.73 Å². The van der Waals surface area contributed by atoms with Gasteiger partial charge in [0.1, 0.15) is 4.60 Å². The van der Waals surface area contributed by atoms with Crippen molar-refractivity contribution in [2.75, 3.05) is 0 Å². The van der Waals surface area contributed by atoms with Gasteiger partial charge in [0, 0.05) is 18.9 Å². The molecule has 2 heterocycles. The number of imidazole rings is 1. The lowest BCUT2D eigenvalue weighted by molar-refractivity contribution is 0.934. The van der Waals surface area contributed by atoms with E-state index >= 15 is 0 Å². The number of hydrogen-bond acceptors (Lipinski definition) is 3. The third-order valence-corrected chi connectivity index (χ3v) is 2.49. The number of rotatable bonds is 1. The maximum absolute atomic E-state index is 5.59. The lowest BCUT2D eigenvalue weighted by Crippen LogP contribution is -2.02. The Balaban J connectivity index is 2.80. The van der Waals surface area contributed by atoms with Gasteiger partial charge in [-0.3, -0.25) is 4.40 Å². The number of nitrogens with two attached hydrogens (primary N) is 1. The van der Waals surface area contributed by atoms with E-state index in [1.165, 1.54) is 0 Å². The first-order chi connectivity index (χ1) is 6.22. The summed E-state index contributed by atoms with van der Waals surface area (Å²) in [5.41, 5.74) is 7.63. The van der Waals surface area contributed by atoms with Crippen LogP contribution in [0.15, 0.2) is 17.0 Å². The minimum Gasteiger partial charge on any atom is -0.325 e. The zero-order valence-corrected chi connectivity index (χ0v) is 8.74. The Hall–Kier alpha value is -0.940. The Morgan fingerprint density at radius 2 is 2.38 bits per heavy atom. The van der Waals surface area contributed by atoms with Gasteiger partial charge in [-0.25, -0.2) is 9.97 Å². The third kappa shape index (κ3) is 1.34. The summed E-state index contributed by atoms with van der Waals surface area (Å²) in [6.45, 7) is 2.44. The summed E-state index contributed by atoms with van der Waals surface area (Å²) in [7, 11) is 0. The highest BCUT2D eigenvalue weighted by Gasteiger charge is 2.08. The van der Waals surface area contributed by atoms with Crippen LogP contribution in [0.2, 0.25) is 0 Å². The average Bonchev–Trinajstić information content (AvgIpc) is 2.40. The van der Waals surface area contributed by atoms with Gasteiger partial charge in [0.05, 0.1) is 5.69 Å². The van der Waals surface area contributed by atoms with Gasteiger partial charge in [-0.2, -0.15) is 0 Å². The molecule has 0 amide bonds. The molecule has 0 unspecified atom stereocenters. The van der Waals surface area contributed by atoms with Crippen LogP contribution in [0.5, 0.6) is 0 Å². The van der Waals surface area contributed by atoms with Crippen LogP contribution in [0.25, 0.3) is 5.78 Å². The topological polar surface area (TPSA) is 56.2 Å². The first kappa shape index (κ1) is 8.65. The third-order valence-electron chi connectivity index (χ3n) is 1.85. The van der Waals surface area contributed by atoms with Crippen molar-refractivity contribution in [1.29, 1.82) is 0 Å². The predicted molar refractivity (Wildman–Crippen MR) is 53.3 cm³/mol. The summed E-state index contributed by atoms with van der Waals surface area (Å²) in [5.74, 6) is 0.679. The number of nitrogens with zero attached hydrogens (tertiary/aromatic N) is 3. The Morgan fingerprint density at radius 3 is 3.08 bits per heavy atom. The van der Waals surface area contributed by atoms with Crippen LogP contribution in [-0.4, -0.2) is 14.4 Å². The predicted octanol–water partition coefficient (Wildman–Crippen LogP) is 1.26. The monoisotopic (exact) mass is 240 g/mol. The van der Waals surface area contributed by atoms with Crippen molar-refractivity contribution in [2.45, 2.75) is 13.5 Å². The molecule has 5 heteroatoms. The normalized spacial score (nSPS) is 11.0. The molecule has 2 aromatic rings. The highest BCUT2D eigenvalue weighted by Crippen LogP contribution is 2.16. The van der Waals surface area contributed by atoms with Gasteiger partial charge in [0.2, 0.25) is 5.78 Å². The van der Waals surface area contributed by atoms with E-state index in [0.29, 0.717) is 12.3 Å². The molecule has 0 spiro atoms. The van der Waals surface area contributed by atoms with Crippen LogP contribution >= 0.6 is 15.9 Å². The summed E-state index contributed by atoms with van der Waals surface area (Å²) in [6.07, 6.45) is 3.76. The maximum Gasteiger partial charge on any atom is 0.235 e. The van der Waals surface area contributed by atoms with E-state index < -0.39 is 0 Å². The van der Waals surface area contributed by atoms with Gasteiger partial charge >= 0.3 is 0 Å². The minimum atomic E-state index is 0.451. The molecule has 0 aliphatic rings. The molecule has 2 N–H and O–H groups in total. The van der Waals surface area contributed by atoms with Crippen molar-refractivity contribution in [3.63, 3.8) is 0 Å². The van der Waals surface area contributed by atoms with Crippen LogP contribution in [0.3, 0.4) is 0 Å². The van der Waals surface area contributed by atoms with Crippen molar-refractivity contribution in [1.82, 2.24) is 14.4 Å². The second kappa shape index (κ2) is 3.08. The molecule has 0 fully saturated rings. The second-order valence-electron chi connectivity index (χ2n) is 2.85. The molecule has 0 radical (unpaired) electrons. The van der Waals surface area contributed by atoms with Crippen molar-refractivity contribution in [3.05, 3.63) is 28.3 Å². The standard InChI is InChI=1S/C8H9BrN4/c1-5-3-11-8-12-7(9)6(2-10)13(8)4-5/h3-4H,2,10H2,1H3. The summed E-state index contributed by atoms with van der Waals surface area (Å²) in [5, 5.41) is 0. The van der Waals surface area contributed by atoms with E-state index in [0.717, 1.165) is 15.9 Å². The molecule has 0 aliphatic heterocycles. The molecule has 0 saturated carbocycles. The molecular formula is C8H9BrN4. The largest absolute Gasteiger partial charge is 0.325 e. The molecular weight excluding hydrogens is 232 g/mol. The molecule has 0 atom stereocenters. The van der Waals surface area contributed by atoms with Crippen LogP contribution in [0.4, 0.5) is 0 Å². The highest BCUT2D eigenvalue weighted by molar-refractivity contribution is 9.10. The Morgan fingerprint density at radius 1 is 1.62 bits per heavy atom. The first-order valence-electron chi connectivity index (χ1n) is 3.91. The summed E-state index contributed by atoms with van der Waals surface area (Å²) < 4.78 is 2.67. The molecule has 0 aliphatic carbocycles. The number of aryl methyl sites for hydroxylation is 1. The van der Waals surface area contributed by atoms with Gasteiger partial charge in [0.25, 0.3) is 0 Å². The molecule has 2 rings (SSSR count). The lowest BCUT2D eigenvalue weighted by Gasteiger charge is -1.98. The van der Waals surface area contributed by atoms with Gasteiger partial charge in [-0.15, -0.1) is 0 Å². The van der Waals surface area contributed by atoms with Crippen LogP contribution in [0, 0.1) is 6.92 Å². The van der Waals surface area contributed by atoms with E-state index in [2.05, 4.69) is 25.9 Å². The number of aromatic nitrogens is 3. The second-order valence-corrected chi connectivity index (χ2v) is 3.61. The Kier molecular flexibility index (Phi) is 2.05. The Bertz CT molecular complexity index is 449. The SMILES string of the molecule is Cc1cnc2nc(Br)c(CN)n2c1. The molecule has 13 heavy (non-hydrogen) atoms. The van der Waals surface area contributed by atoms with E-state index in [-0.39, 0.29) is 0 Å². The van der Waals surface area contributed by atoms with E-state index in [9.17, 15) is 0 Å². The number of fused-ring (bicyclic) bond motifs is 1. The first-order valence-corrected chi connectivity index (χ1v) is 4.71. The summed E-state index contributed by atoms with van der Waals surface area (Å²) in [6, 6.07) is 0. The zero-order valence-electron chi connectivity index (χ0n) is 7.16. The molecule has 2 aromatic heterocycles. The van der Waals surface area contributed by atoms with Gasteiger partial charge < -0.3 is 5.73 Å². The zero-order chi connectivity index (χ0) is 9.42. The maximum atomic E-state index is 5.59. The lowest BCUT2D eigenvalue weighted by atomic mass is 10.4. The average molecular weight is 241 g/mol. The van der Waals surface area contributed by atoms with Crippen molar-refractivity contribution >= 4 is 21.7 Å². The van der Waals surface area contributed by atoms with Crippen LogP contribution in [0.1, 0.15) is 11.3 Å². The van der Waals surface area contributed by atoms with Gasteiger partial charge in [0.15, 0.2) is 0 Å². The number of hydrogen-bond donors (Lipinski definition) is 1. The molecule has 0 saturated heterocycles. The fourth-order valence-corrected chi connectivity index (χ4v) is 1.74. The molecule has 0 bridgehead atoms. The fraction of sp³-hybridized carbons (Fsp3) is 0.250. The smallest absolute Gasteiger partial charge is 0.235 e. The fourth-order valence-electron chi connectivity index (χ4n) is 1.23. The Labute approximate surface area is 83.9 Å². The molecule has 0 aromatic carbocycles. The van der Waals surface area contributed by atoms with E-state index in [1.807, 2.05) is 17.5 Å². The number of halogens is 1. The highest BCUT2D eigenvalue weighted by atomic mass is 79.9. The summed E-state index contributed by atoms with van der Waals surface area (Å²) in [4.78, 5) is 8.39. The van der Waals surface area contributed by atoms with Crippen molar-refractivity contribution in [2.24, 2.45) is 5.73 Å². The van der Waals surface area contributed by atoms with Gasteiger partial charge in [-0.05, 0) is 28.4 Å². The van der Waals surface area contributed by atoms with E-state index in [4.69, 9.17) is 5.73 Å². The minimum absolute atomic E-state index is 0.451. The quantitative estimate of drug-likeness (QED) is 0.817. The van der Waals surface area contributed by atoms with Gasteiger partial charge in [-0.1, -0.05) is 0 Å². The van der Waals surface area contributed by atoms with Crippen LogP contribution in [-0.2, 0) is 6.54 Å². The molecule has 4 nitrogen and oxygen atoms in total. The van der Waals surface area contributed by atoms with Crippen molar-refractivity contribution in [3.8, 4) is 0 Å². The van der Waals surface area contributed by atoms with Crippen molar-refractivity contribution < 1.29 is 0 Å². The summed E-state index contributed by atoms with van der Waals surface area (Å²) >= 11 is 3.34. The van der Waals surface area contributed by atoms with E-state index in [1.54, 1.807) is 6.20 Å².